The summed E-state index contributed by atoms with van der Waals surface area (Å²) in [6.45, 7) is 1.44. The van der Waals surface area contributed by atoms with Crippen LogP contribution >= 0.6 is 0 Å². The van der Waals surface area contributed by atoms with Crippen molar-refractivity contribution in [2.45, 2.75) is 24.9 Å². The average molecular weight is 473 g/mol. The van der Waals surface area contributed by atoms with E-state index in [0.29, 0.717) is 49.4 Å². The minimum atomic E-state index is -1.59. The van der Waals surface area contributed by atoms with Gasteiger partial charge in [0.25, 0.3) is 11.8 Å². The van der Waals surface area contributed by atoms with Gasteiger partial charge in [0.15, 0.2) is 0 Å². The van der Waals surface area contributed by atoms with Crippen molar-refractivity contribution in [3.05, 3.63) is 53.2 Å². The van der Waals surface area contributed by atoms with Gasteiger partial charge in [-0.1, -0.05) is 17.9 Å². The zero-order valence-electron chi connectivity index (χ0n) is 19.1. The quantitative estimate of drug-likeness (QED) is 0.499. The molecule has 3 aliphatic heterocycles. The van der Waals surface area contributed by atoms with Gasteiger partial charge in [-0.3, -0.25) is 19.7 Å². The lowest BCUT2D eigenvalue weighted by molar-refractivity contribution is -0.122. The third-order valence-corrected chi connectivity index (χ3v) is 6.38. The number of ketones is 1. The fourth-order valence-corrected chi connectivity index (χ4v) is 4.42. The first-order valence-corrected chi connectivity index (χ1v) is 11.2. The number of aromatic nitrogens is 1. The number of Topliss-reactive ketones (excluding diaryl/α,β-unsaturated/α-hetero) is 1. The molecule has 0 spiro atoms. The fourth-order valence-electron chi connectivity index (χ4n) is 4.42. The number of nitrogens with one attached hydrogen (secondary N) is 2. The van der Waals surface area contributed by atoms with Gasteiger partial charge in [0.1, 0.15) is 17.4 Å². The van der Waals surface area contributed by atoms with Crippen molar-refractivity contribution in [2.75, 3.05) is 31.6 Å². The van der Waals surface area contributed by atoms with Crippen LogP contribution in [-0.2, 0) is 16.1 Å². The van der Waals surface area contributed by atoms with Crippen molar-refractivity contribution < 1.29 is 23.9 Å². The van der Waals surface area contributed by atoms with Crippen molar-refractivity contribution in [1.82, 2.24) is 20.5 Å². The number of carbonyl (C=O) groups is 4. The Bertz CT molecular complexity index is 1290. The molecule has 1 aromatic carbocycles. The van der Waals surface area contributed by atoms with Crippen LogP contribution in [0.3, 0.4) is 0 Å². The molecule has 0 unspecified atom stereocenters. The number of pyridine rings is 1. The number of hydrogen-bond acceptors (Lipinski definition) is 7. The molecule has 0 radical (unpaired) electrons. The predicted molar refractivity (Wildman–Crippen MR) is 125 cm³/mol. The molecule has 0 saturated carbocycles. The van der Waals surface area contributed by atoms with Crippen LogP contribution in [0.15, 0.2) is 36.5 Å². The topological polar surface area (TPSA) is 121 Å². The molecule has 35 heavy (non-hydrogen) atoms. The number of carbonyl (C=O) groups excluding carboxylic acids is 4. The normalized spacial score (nSPS) is 21.3. The Morgan fingerprint density at radius 1 is 1.11 bits per heavy atom. The van der Waals surface area contributed by atoms with Crippen LogP contribution in [0.5, 0.6) is 5.75 Å². The smallest absolute Gasteiger partial charge is 0.323 e. The second-order valence-corrected chi connectivity index (χ2v) is 8.68. The van der Waals surface area contributed by atoms with Gasteiger partial charge in [-0.25, -0.2) is 9.78 Å². The molecule has 2 fully saturated rings. The molecular weight excluding hydrogens is 450 g/mol. The van der Waals surface area contributed by atoms with E-state index in [-0.39, 0.29) is 18.2 Å². The number of fused-ring (bicyclic) bond motifs is 1. The zero-order chi connectivity index (χ0) is 24.6. The van der Waals surface area contributed by atoms with Crippen molar-refractivity contribution >= 4 is 29.4 Å². The monoisotopic (exact) mass is 473 g/mol. The van der Waals surface area contributed by atoms with Crippen LogP contribution in [0.25, 0.3) is 0 Å². The highest BCUT2D eigenvalue weighted by molar-refractivity contribution is 6.10. The van der Waals surface area contributed by atoms with Gasteiger partial charge in [-0.2, -0.15) is 0 Å². The minimum Gasteiger partial charge on any atom is -0.497 e. The van der Waals surface area contributed by atoms with Crippen LogP contribution in [0.2, 0.25) is 0 Å². The number of anilines is 1. The largest absolute Gasteiger partial charge is 0.497 e. The van der Waals surface area contributed by atoms with E-state index in [1.807, 2.05) is 17.0 Å². The predicted octanol–water partition coefficient (Wildman–Crippen LogP) is 0.845. The molecule has 5 rings (SSSR count). The first kappa shape index (κ1) is 22.4. The standard InChI is InChI=1S/C25H23N5O5/c1-35-19-4-3-17-14-30(22(32)20(17)12-19)15-25(23(33)27-24(34)28-25)9-6-16-2-5-21(26-13-16)29-10-7-18(31)8-11-29/h2-5,12-13H,7-8,10-11,14-15H2,1H3,(H2,27,28,33,34)/t25-/m1/s1. The van der Waals surface area contributed by atoms with Crippen molar-refractivity contribution in [2.24, 2.45) is 0 Å². The molecule has 4 heterocycles. The minimum absolute atomic E-state index is 0.110. The zero-order valence-corrected chi connectivity index (χ0v) is 19.1. The van der Waals surface area contributed by atoms with Gasteiger partial charge in [0.05, 0.1) is 13.7 Å². The lowest BCUT2D eigenvalue weighted by Gasteiger charge is -2.27. The van der Waals surface area contributed by atoms with E-state index in [4.69, 9.17) is 4.74 Å². The molecule has 2 saturated heterocycles. The SMILES string of the molecule is COc1ccc2c(c1)C(=O)N(C[C@@]1(C#Cc3ccc(N4CCC(=O)CC4)nc3)NC(=O)NC1=O)C2. The van der Waals surface area contributed by atoms with E-state index >= 15 is 0 Å². The number of piperidine rings is 1. The van der Waals surface area contributed by atoms with Gasteiger partial charge in [0.2, 0.25) is 5.54 Å². The molecule has 1 aromatic heterocycles. The van der Waals surface area contributed by atoms with E-state index in [1.165, 1.54) is 12.0 Å². The number of imide groups is 1. The number of urea groups is 1. The lowest BCUT2D eigenvalue weighted by Crippen LogP contribution is -2.54. The van der Waals surface area contributed by atoms with Crippen molar-refractivity contribution in [3.8, 4) is 17.6 Å². The molecule has 10 heteroatoms. The Labute approximate surface area is 201 Å². The van der Waals surface area contributed by atoms with Crippen LogP contribution < -0.4 is 20.3 Å². The highest BCUT2D eigenvalue weighted by Crippen LogP contribution is 2.28. The van der Waals surface area contributed by atoms with Crippen molar-refractivity contribution in [3.63, 3.8) is 0 Å². The summed E-state index contributed by atoms with van der Waals surface area (Å²) in [4.78, 5) is 57.2. The second-order valence-electron chi connectivity index (χ2n) is 8.68. The Hall–Kier alpha value is -4.39. The molecular formula is C25H23N5O5. The number of methoxy groups -OCH3 is 1. The first-order valence-electron chi connectivity index (χ1n) is 11.2. The summed E-state index contributed by atoms with van der Waals surface area (Å²) in [5.74, 6) is 6.50. The Morgan fingerprint density at radius 2 is 1.91 bits per heavy atom. The number of rotatable bonds is 4. The third kappa shape index (κ3) is 4.28. The first-order chi connectivity index (χ1) is 16.9. The highest BCUT2D eigenvalue weighted by atomic mass is 16.5. The number of amides is 4. The van der Waals surface area contributed by atoms with E-state index < -0.39 is 17.5 Å². The molecule has 1 atom stereocenters. The van der Waals surface area contributed by atoms with Crippen LogP contribution in [0, 0.1) is 11.8 Å². The molecule has 0 bridgehead atoms. The molecule has 2 aromatic rings. The average Bonchev–Trinajstić information content (AvgIpc) is 3.32. The highest BCUT2D eigenvalue weighted by Gasteiger charge is 2.48. The summed E-state index contributed by atoms with van der Waals surface area (Å²) in [6.07, 6.45) is 2.60. The maximum absolute atomic E-state index is 13.0. The summed E-state index contributed by atoms with van der Waals surface area (Å²) in [5.41, 5.74) is 0.264. The van der Waals surface area contributed by atoms with Gasteiger partial charge in [0, 0.05) is 49.8 Å². The van der Waals surface area contributed by atoms with Crippen LogP contribution in [-0.4, -0.2) is 65.8 Å². The molecule has 2 N–H and O–H groups in total. The lowest BCUT2D eigenvalue weighted by atomic mass is 9.99. The fraction of sp³-hybridized carbons (Fsp3) is 0.320. The summed E-state index contributed by atoms with van der Waals surface area (Å²) in [6, 6.07) is 8.17. The van der Waals surface area contributed by atoms with Crippen LogP contribution in [0.1, 0.15) is 34.3 Å². The van der Waals surface area contributed by atoms with Gasteiger partial charge >= 0.3 is 6.03 Å². The summed E-state index contributed by atoms with van der Waals surface area (Å²) in [5, 5.41) is 4.83. The van der Waals surface area contributed by atoms with E-state index in [9.17, 15) is 19.2 Å². The summed E-state index contributed by atoms with van der Waals surface area (Å²) < 4.78 is 5.21. The number of ether oxygens (including phenoxy) is 1. The molecule has 0 aliphatic carbocycles. The summed E-state index contributed by atoms with van der Waals surface area (Å²) >= 11 is 0. The third-order valence-electron chi connectivity index (χ3n) is 6.38. The number of benzene rings is 1. The molecule has 178 valence electrons. The number of hydrogen-bond donors (Lipinski definition) is 2. The maximum Gasteiger partial charge on any atom is 0.323 e. The van der Waals surface area contributed by atoms with Gasteiger partial charge in [-0.15, -0.1) is 0 Å². The van der Waals surface area contributed by atoms with E-state index in [0.717, 1.165) is 11.4 Å². The summed E-state index contributed by atoms with van der Waals surface area (Å²) in [7, 11) is 1.52. The Morgan fingerprint density at radius 3 is 2.57 bits per heavy atom. The van der Waals surface area contributed by atoms with Crippen LogP contribution in [0.4, 0.5) is 10.6 Å². The Kier molecular flexibility index (Phi) is 5.61. The second kappa shape index (κ2) is 8.76. The maximum atomic E-state index is 13.0. The van der Waals surface area contributed by atoms with Crippen molar-refractivity contribution in [1.29, 1.82) is 0 Å². The van der Waals surface area contributed by atoms with E-state index in [2.05, 4.69) is 27.5 Å². The Balaban J connectivity index is 1.37. The van der Waals surface area contributed by atoms with E-state index in [1.54, 1.807) is 24.4 Å². The molecule has 4 amide bonds. The number of nitrogens with zero attached hydrogens (tertiary/aromatic N) is 3. The van der Waals surface area contributed by atoms with Gasteiger partial charge in [-0.05, 0) is 29.8 Å². The molecule has 3 aliphatic rings. The van der Waals surface area contributed by atoms with Gasteiger partial charge < -0.3 is 19.9 Å². The molecule has 10 nitrogen and oxygen atoms in total.